The summed E-state index contributed by atoms with van der Waals surface area (Å²) in [5.41, 5.74) is -0.846. The van der Waals surface area contributed by atoms with Crippen LogP contribution in [0.15, 0.2) is 12.7 Å². The van der Waals surface area contributed by atoms with E-state index < -0.39 is 11.4 Å². The average Bonchev–Trinajstić information content (AvgIpc) is 2.65. The van der Waals surface area contributed by atoms with Crippen LogP contribution in [0.2, 0.25) is 0 Å². The van der Waals surface area contributed by atoms with Crippen LogP contribution < -0.4 is 0 Å². The first-order valence-corrected chi connectivity index (χ1v) is 7.68. The van der Waals surface area contributed by atoms with Crippen LogP contribution >= 0.6 is 0 Å². The van der Waals surface area contributed by atoms with Crippen molar-refractivity contribution in [2.45, 2.75) is 58.3 Å². The number of nitrogens with zero attached hydrogens (tertiary/aromatic N) is 1. The van der Waals surface area contributed by atoms with Crippen molar-refractivity contribution in [1.29, 1.82) is 0 Å². The molecule has 0 aromatic heterocycles. The Morgan fingerprint density at radius 1 is 1.25 bits per heavy atom. The minimum atomic E-state index is -0.846. The first kappa shape index (κ1) is 16.7. The molecule has 1 amide bonds. The summed E-state index contributed by atoms with van der Waals surface area (Å²) in [6, 6.07) is 0. The highest BCUT2D eigenvalue weighted by molar-refractivity contribution is 5.85. The molecule has 0 aliphatic heterocycles. The third-order valence-corrected chi connectivity index (χ3v) is 4.20. The zero-order chi connectivity index (χ0) is 15.0. The first-order chi connectivity index (χ1) is 9.55. The van der Waals surface area contributed by atoms with E-state index in [0.29, 0.717) is 25.9 Å². The molecule has 0 aromatic rings. The highest BCUT2D eigenvalue weighted by Gasteiger charge is 2.41. The topological polar surface area (TPSA) is 57.6 Å². The van der Waals surface area contributed by atoms with Gasteiger partial charge in [-0.1, -0.05) is 38.7 Å². The molecule has 1 fully saturated rings. The van der Waals surface area contributed by atoms with Gasteiger partial charge in [-0.25, -0.2) is 0 Å². The summed E-state index contributed by atoms with van der Waals surface area (Å²) in [5.74, 6) is -0.848. The minimum Gasteiger partial charge on any atom is -0.481 e. The lowest BCUT2D eigenvalue weighted by Crippen LogP contribution is -2.40. The average molecular weight is 281 g/mol. The van der Waals surface area contributed by atoms with E-state index in [9.17, 15) is 14.7 Å². The molecule has 0 heterocycles. The van der Waals surface area contributed by atoms with Gasteiger partial charge < -0.3 is 10.0 Å². The summed E-state index contributed by atoms with van der Waals surface area (Å²) in [7, 11) is 0. The predicted molar refractivity (Wildman–Crippen MR) is 79.5 cm³/mol. The van der Waals surface area contributed by atoms with E-state index >= 15 is 0 Å². The van der Waals surface area contributed by atoms with Gasteiger partial charge in [-0.3, -0.25) is 9.59 Å². The number of hydrogen-bond acceptors (Lipinski definition) is 2. The smallest absolute Gasteiger partial charge is 0.310 e. The Balaban J connectivity index is 2.79. The van der Waals surface area contributed by atoms with Crippen molar-refractivity contribution in [2.75, 3.05) is 13.1 Å². The van der Waals surface area contributed by atoms with E-state index in [-0.39, 0.29) is 12.3 Å². The van der Waals surface area contributed by atoms with Crippen molar-refractivity contribution in [3.8, 4) is 0 Å². The van der Waals surface area contributed by atoms with Crippen LogP contribution in [0, 0.1) is 5.41 Å². The van der Waals surface area contributed by atoms with E-state index in [4.69, 9.17) is 0 Å². The van der Waals surface area contributed by atoms with Gasteiger partial charge in [-0.2, -0.15) is 0 Å². The van der Waals surface area contributed by atoms with Crippen LogP contribution in [-0.2, 0) is 9.59 Å². The molecule has 0 unspecified atom stereocenters. The normalized spacial score (nSPS) is 18.1. The monoisotopic (exact) mass is 281 g/mol. The van der Waals surface area contributed by atoms with Gasteiger partial charge in [0.1, 0.15) is 0 Å². The first-order valence-electron chi connectivity index (χ1n) is 7.68. The van der Waals surface area contributed by atoms with Crippen LogP contribution in [0.3, 0.4) is 0 Å². The second-order valence-electron chi connectivity index (χ2n) is 5.80. The molecule has 0 atom stereocenters. The fourth-order valence-corrected chi connectivity index (χ4v) is 3.02. The number of amides is 1. The van der Waals surface area contributed by atoms with E-state index in [1.807, 2.05) is 6.92 Å². The third kappa shape index (κ3) is 4.36. The maximum Gasteiger partial charge on any atom is 0.310 e. The van der Waals surface area contributed by atoms with E-state index in [1.165, 1.54) is 0 Å². The van der Waals surface area contributed by atoms with Crippen molar-refractivity contribution in [3.63, 3.8) is 0 Å². The molecule has 1 saturated carbocycles. The molecule has 0 aromatic carbocycles. The Bertz CT molecular complexity index is 344. The summed E-state index contributed by atoms with van der Waals surface area (Å²) in [5, 5.41) is 9.61. The van der Waals surface area contributed by atoms with Gasteiger partial charge in [0.2, 0.25) is 5.91 Å². The van der Waals surface area contributed by atoms with Gasteiger partial charge in [0.05, 0.1) is 5.41 Å². The Labute approximate surface area is 121 Å². The standard InChI is InChI=1S/C16H27NO3/c1-3-11-17(12-4-2)14(18)13-16(15(19)20)9-7-5-6-8-10-16/h3H,1,4-13H2,2H3,(H,19,20). The van der Waals surface area contributed by atoms with Crippen LogP contribution in [0.25, 0.3) is 0 Å². The molecule has 0 spiro atoms. The van der Waals surface area contributed by atoms with Gasteiger partial charge in [0, 0.05) is 19.5 Å². The lowest BCUT2D eigenvalue weighted by atomic mass is 9.77. The minimum absolute atomic E-state index is 0.0453. The molecule has 1 N–H and O–H groups in total. The highest BCUT2D eigenvalue weighted by atomic mass is 16.4. The Kier molecular flexibility index (Phi) is 6.76. The molecule has 4 nitrogen and oxygen atoms in total. The second kappa shape index (κ2) is 8.08. The summed E-state index contributed by atoms with van der Waals surface area (Å²) >= 11 is 0. The third-order valence-electron chi connectivity index (χ3n) is 4.20. The molecule has 20 heavy (non-hydrogen) atoms. The number of aliphatic carboxylic acids is 1. The number of carboxylic acids is 1. The van der Waals surface area contributed by atoms with Gasteiger partial charge in [0.15, 0.2) is 0 Å². The fourth-order valence-electron chi connectivity index (χ4n) is 3.02. The molecule has 4 heteroatoms. The van der Waals surface area contributed by atoms with Crippen LogP contribution in [0.5, 0.6) is 0 Å². The number of carbonyl (C=O) groups excluding carboxylic acids is 1. The summed E-state index contributed by atoms with van der Waals surface area (Å²) < 4.78 is 0. The van der Waals surface area contributed by atoms with E-state index in [2.05, 4.69) is 6.58 Å². The van der Waals surface area contributed by atoms with Gasteiger partial charge in [0.25, 0.3) is 0 Å². The molecule has 0 radical (unpaired) electrons. The second-order valence-corrected chi connectivity index (χ2v) is 5.80. The molecule has 1 rings (SSSR count). The lowest BCUT2D eigenvalue weighted by molar-refractivity contribution is -0.154. The zero-order valence-corrected chi connectivity index (χ0v) is 12.6. The van der Waals surface area contributed by atoms with Crippen molar-refractivity contribution in [1.82, 2.24) is 4.90 Å². The Morgan fingerprint density at radius 3 is 2.30 bits per heavy atom. The SMILES string of the molecule is C=CCN(CCC)C(=O)CC1(C(=O)O)CCCCCC1. The molecule has 1 aliphatic carbocycles. The van der Waals surface area contributed by atoms with Crippen LogP contribution in [-0.4, -0.2) is 35.0 Å². The Hall–Kier alpha value is -1.32. The van der Waals surface area contributed by atoms with E-state index in [1.54, 1.807) is 11.0 Å². The zero-order valence-electron chi connectivity index (χ0n) is 12.6. The van der Waals surface area contributed by atoms with Crippen molar-refractivity contribution in [3.05, 3.63) is 12.7 Å². The van der Waals surface area contributed by atoms with Crippen LogP contribution in [0.4, 0.5) is 0 Å². The maximum atomic E-state index is 12.4. The van der Waals surface area contributed by atoms with Gasteiger partial charge in [-0.15, -0.1) is 6.58 Å². The quantitative estimate of drug-likeness (QED) is 0.576. The highest BCUT2D eigenvalue weighted by Crippen LogP contribution is 2.39. The van der Waals surface area contributed by atoms with Gasteiger partial charge in [-0.05, 0) is 19.3 Å². The molecule has 114 valence electrons. The molecular weight excluding hydrogens is 254 g/mol. The fraction of sp³-hybridized carbons (Fsp3) is 0.750. The summed E-state index contributed by atoms with van der Waals surface area (Å²) in [6.45, 7) is 6.85. The van der Waals surface area contributed by atoms with Crippen molar-refractivity contribution < 1.29 is 14.7 Å². The summed E-state index contributed by atoms with van der Waals surface area (Å²) in [6.07, 6.45) is 7.95. The summed E-state index contributed by atoms with van der Waals surface area (Å²) in [4.78, 5) is 25.9. The number of carbonyl (C=O) groups is 2. The predicted octanol–water partition coefficient (Wildman–Crippen LogP) is 3.23. The Morgan fingerprint density at radius 2 is 1.85 bits per heavy atom. The van der Waals surface area contributed by atoms with Crippen molar-refractivity contribution in [2.24, 2.45) is 5.41 Å². The molecule has 0 bridgehead atoms. The van der Waals surface area contributed by atoms with Crippen LogP contribution in [0.1, 0.15) is 58.3 Å². The lowest BCUT2D eigenvalue weighted by Gasteiger charge is -2.30. The number of rotatable bonds is 7. The maximum absolute atomic E-state index is 12.4. The van der Waals surface area contributed by atoms with Gasteiger partial charge >= 0.3 is 5.97 Å². The molecule has 0 saturated heterocycles. The number of carboxylic acid groups (broad SMARTS) is 1. The number of hydrogen-bond donors (Lipinski definition) is 1. The molecular formula is C16H27NO3. The molecule has 1 aliphatic rings. The van der Waals surface area contributed by atoms with Crippen molar-refractivity contribution >= 4 is 11.9 Å². The largest absolute Gasteiger partial charge is 0.481 e. The van der Waals surface area contributed by atoms with E-state index in [0.717, 1.165) is 32.1 Å².